The van der Waals surface area contributed by atoms with Gasteiger partial charge < -0.3 is 24.8 Å². The minimum atomic E-state index is -0.335. The summed E-state index contributed by atoms with van der Waals surface area (Å²) in [4.78, 5) is 29.7. The monoisotopic (exact) mass is 479 g/mol. The molecule has 2 aromatic carbocycles. The van der Waals surface area contributed by atoms with Gasteiger partial charge >= 0.3 is 0 Å². The summed E-state index contributed by atoms with van der Waals surface area (Å²) in [5.41, 5.74) is 3.24. The number of anilines is 1. The maximum absolute atomic E-state index is 12.7. The molecule has 1 saturated heterocycles. The molecule has 8 nitrogen and oxygen atoms in total. The van der Waals surface area contributed by atoms with Crippen LogP contribution >= 0.6 is 11.8 Å². The molecule has 0 bridgehead atoms. The zero-order valence-electron chi connectivity index (χ0n) is 18.7. The van der Waals surface area contributed by atoms with Crippen LogP contribution in [0, 0.1) is 0 Å². The first kappa shape index (κ1) is 22.6. The lowest BCUT2D eigenvalue weighted by Gasteiger charge is -2.30. The highest BCUT2D eigenvalue weighted by Gasteiger charge is 2.25. The quantitative estimate of drug-likeness (QED) is 0.559. The first-order valence-corrected chi connectivity index (χ1v) is 12.1. The van der Waals surface area contributed by atoms with Crippen molar-refractivity contribution in [1.82, 2.24) is 10.3 Å². The molecule has 5 rings (SSSR count). The second kappa shape index (κ2) is 10.0. The molecule has 0 radical (unpaired) electrons. The third kappa shape index (κ3) is 5.01. The molecule has 2 aliphatic heterocycles. The van der Waals surface area contributed by atoms with Crippen LogP contribution in [-0.4, -0.2) is 55.2 Å². The van der Waals surface area contributed by atoms with Crippen molar-refractivity contribution < 1.29 is 23.8 Å². The summed E-state index contributed by atoms with van der Waals surface area (Å²) in [5, 5.41) is 6.82. The molecule has 9 heteroatoms. The smallest absolute Gasteiger partial charge is 0.251 e. The van der Waals surface area contributed by atoms with Gasteiger partial charge in [0.1, 0.15) is 5.75 Å². The topological polar surface area (TPSA) is 98.8 Å². The van der Waals surface area contributed by atoms with Gasteiger partial charge in [-0.05, 0) is 54.4 Å². The largest absolute Gasteiger partial charge is 0.497 e. The predicted octanol–water partition coefficient (Wildman–Crippen LogP) is 3.39. The lowest BCUT2D eigenvalue weighted by Crippen LogP contribution is -2.47. The van der Waals surface area contributed by atoms with Crippen LogP contribution in [0.3, 0.4) is 0 Å². The Morgan fingerprint density at radius 2 is 2.06 bits per heavy atom. The highest BCUT2D eigenvalue weighted by molar-refractivity contribution is 8.00. The van der Waals surface area contributed by atoms with E-state index < -0.39 is 0 Å². The fourth-order valence-electron chi connectivity index (χ4n) is 4.09. The van der Waals surface area contributed by atoms with Gasteiger partial charge in [0.2, 0.25) is 5.91 Å². The number of ether oxygens (including phenoxy) is 3. The Morgan fingerprint density at radius 3 is 2.88 bits per heavy atom. The summed E-state index contributed by atoms with van der Waals surface area (Å²) in [7, 11) is 1.65. The second-order valence-corrected chi connectivity index (χ2v) is 9.22. The van der Waals surface area contributed by atoms with Crippen molar-refractivity contribution >= 4 is 40.2 Å². The number of aryl methyl sites for hydroxylation is 1. The lowest BCUT2D eigenvalue weighted by atomic mass is 10.0. The second-order valence-electron chi connectivity index (χ2n) is 8.21. The maximum Gasteiger partial charge on any atom is 0.251 e. The number of thioether (sulfide) groups is 1. The summed E-state index contributed by atoms with van der Waals surface area (Å²) in [6, 6.07) is 12.9. The van der Waals surface area contributed by atoms with E-state index in [2.05, 4.69) is 15.6 Å². The lowest BCUT2D eigenvalue weighted by molar-refractivity contribution is -0.190. The van der Waals surface area contributed by atoms with Crippen LogP contribution in [-0.2, 0) is 20.7 Å². The molecule has 0 saturated carbocycles. The molecule has 0 unspecified atom stereocenters. The Hall–Kier alpha value is -3.14. The summed E-state index contributed by atoms with van der Waals surface area (Å²) < 4.78 is 17.1. The van der Waals surface area contributed by atoms with E-state index in [-0.39, 0.29) is 24.1 Å². The normalized spacial score (nSPS) is 19.9. The molecule has 2 aliphatic rings. The number of aromatic nitrogens is 1. The highest BCUT2D eigenvalue weighted by Crippen LogP contribution is 2.32. The molecule has 3 aromatic rings. The zero-order valence-corrected chi connectivity index (χ0v) is 19.5. The van der Waals surface area contributed by atoms with E-state index in [9.17, 15) is 9.59 Å². The van der Waals surface area contributed by atoms with Crippen LogP contribution in [0.25, 0.3) is 10.9 Å². The van der Waals surface area contributed by atoms with Crippen LogP contribution in [0.15, 0.2) is 53.6 Å². The van der Waals surface area contributed by atoms with Crippen LogP contribution < -0.4 is 15.4 Å². The van der Waals surface area contributed by atoms with Gasteiger partial charge in [0, 0.05) is 28.5 Å². The van der Waals surface area contributed by atoms with E-state index in [1.807, 2.05) is 36.5 Å². The summed E-state index contributed by atoms with van der Waals surface area (Å²) in [6.45, 7) is 0.748. The average molecular weight is 480 g/mol. The van der Waals surface area contributed by atoms with Crippen molar-refractivity contribution in [3.8, 4) is 5.75 Å². The highest BCUT2D eigenvalue weighted by atomic mass is 32.2. The van der Waals surface area contributed by atoms with Crippen molar-refractivity contribution in [1.29, 1.82) is 0 Å². The summed E-state index contributed by atoms with van der Waals surface area (Å²) in [5.74, 6) is 0.905. The minimum Gasteiger partial charge on any atom is -0.497 e. The molecule has 176 valence electrons. The summed E-state index contributed by atoms with van der Waals surface area (Å²) in [6.07, 6.45) is 2.94. The minimum absolute atomic E-state index is 0.0610. The molecular formula is C25H25N3O5S. The number of methoxy groups -OCH3 is 1. The van der Waals surface area contributed by atoms with Gasteiger partial charge in [-0.3, -0.25) is 14.6 Å². The third-order valence-corrected chi connectivity index (χ3v) is 6.94. The zero-order chi connectivity index (χ0) is 23.5. The Bertz CT molecular complexity index is 1230. The molecule has 2 amide bonds. The number of hydrogen-bond donors (Lipinski definition) is 2. The van der Waals surface area contributed by atoms with Gasteiger partial charge in [0.15, 0.2) is 6.29 Å². The Kier molecular flexibility index (Phi) is 6.66. The number of rotatable bonds is 6. The van der Waals surface area contributed by atoms with Gasteiger partial charge in [-0.25, -0.2) is 0 Å². The van der Waals surface area contributed by atoms with Crippen LogP contribution in [0.1, 0.15) is 22.3 Å². The molecule has 1 aromatic heterocycles. The molecule has 1 fully saturated rings. The number of nitrogens with zero attached hydrogens (tertiary/aromatic N) is 1. The number of nitrogens with one attached hydrogen (secondary N) is 2. The average Bonchev–Trinajstić information content (AvgIpc) is 2.87. The SMILES string of the molecule is COc1ccc2nccc(CCC3OCC(NC(=O)c4ccc5c(c4)NC(=O)CS5)CO3)c2c1. The Morgan fingerprint density at radius 1 is 1.21 bits per heavy atom. The van der Waals surface area contributed by atoms with Gasteiger partial charge in [0.05, 0.1) is 43.3 Å². The standard InChI is InChI=1S/C25H25N3O5S/c1-31-18-4-5-20-19(11-18)15(8-9-26-20)3-7-24-32-12-17(13-33-24)27-25(30)16-2-6-22-21(10-16)28-23(29)14-34-22/h2,4-6,8-11,17,24H,3,7,12-14H2,1H3,(H,27,30)(H,28,29). The molecule has 2 N–H and O–H groups in total. The predicted molar refractivity (Wildman–Crippen MR) is 129 cm³/mol. The maximum atomic E-state index is 12.7. The van der Waals surface area contributed by atoms with Crippen molar-refractivity contribution in [2.75, 3.05) is 31.4 Å². The molecular weight excluding hydrogens is 454 g/mol. The van der Waals surface area contributed by atoms with Crippen LogP contribution in [0.5, 0.6) is 5.75 Å². The number of hydrogen-bond acceptors (Lipinski definition) is 7. The van der Waals surface area contributed by atoms with Crippen molar-refractivity contribution in [3.05, 3.63) is 59.8 Å². The molecule has 0 aliphatic carbocycles. The van der Waals surface area contributed by atoms with Gasteiger partial charge in [0.25, 0.3) is 5.91 Å². The Labute approximate surface area is 201 Å². The number of fused-ring (bicyclic) bond motifs is 2. The Balaban J connectivity index is 1.14. The van der Waals surface area contributed by atoms with Gasteiger partial charge in [-0.1, -0.05) is 0 Å². The third-order valence-electron chi connectivity index (χ3n) is 5.86. The first-order valence-electron chi connectivity index (χ1n) is 11.1. The van der Waals surface area contributed by atoms with E-state index >= 15 is 0 Å². The number of carbonyl (C=O) groups excluding carboxylic acids is 2. The number of carbonyl (C=O) groups is 2. The molecule has 34 heavy (non-hydrogen) atoms. The fourth-order valence-corrected chi connectivity index (χ4v) is 4.88. The van der Waals surface area contributed by atoms with Gasteiger partial charge in [-0.15, -0.1) is 11.8 Å². The molecule has 0 spiro atoms. The van der Waals surface area contributed by atoms with E-state index in [0.717, 1.165) is 33.5 Å². The molecule has 3 heterocycles. The van der Waals surface area contributed by atoms with Gasteiger partial charge in [-0.2, -0.15) is 0 Å². The van der Waals surface area contributed by atoms with Crippen molar-refractivity contribution in [2.45, 2.75) is 30.1 Å². The van der Waals surface area contributed by atoms with E-state index in [1.54, 1.807) is 19.2 Å². The van der Waals surface area contributed by atoms with Crippen LogP contribution in [0.4, 0.5) is 5.69 Å². The van der Waals surface area contributed by atoms with E-state index in [1.165, 1.54) is 11.8 Å². The number of benzene rings is 2. The van der Waals surface area contributed by atoms with Crippen molar-refractivity contribution in [2.24, 2.45) is 0 Å². The van der Waals surface area contributed by atoms with Crippen LogP contribution in [0.2, 0.25) is 0 Å². The summed E-state index contributed by atoms with van der Waals surface area (Å²) >= 11 is 1.46. The van der Waals surface area contributed by atoms with E-state index in [4.69, 9.17) is 14.2 Å². The fraction of sp³-hybridized carbons (Fsp3) is 0.320. The molecule has 0 atom stereocenters. The van der Waals surface area contributed by atoms with E-state index in [0.29, 0.717) is 36.6 Å². The van der Waals surface area contributed by atoms with Crippen molar-refractivity contribution in [3.63, 3.8) is 0 Å². The number of pyridine rings is 1. The first-order chi connectivity index (χ1) is 16.6. The number of amides is 2.